The van der Waals surface area contributed by atoms with Gasteiger partial charge in [-0.15, -0.1) is 0 Å². The van der Waals surface area contributed by atoms with Gasteiger partial charge in [0.15, 0.2) is 0 Å². The molecule has 1 aromatic heterocycles. The molecule has 3 aromatic rings. The Morgan fingerprint density at radius 3 is 1.94 bits per heavy atom. The Balaban J connectivity index is 1.58. The average Bonchev–Trinajstić information content (AvgIpc) is 3.53. The fraction of sp³-hybridized carbons (Fsp3) is 0.432. The molecule has 0 radical (unpaired) electrons. The number of nitrogens with one attached hydrogen (secondary N) is 8. The number of aliphatic hydroxyl groups is 1. The van der Waals surface area contributed by atoms with E-state index in [1.165, 1.54) is 0 Å². The fourth-order valence-corrected chi connectivity index (χ4v) is 6.42. The van der Waals surface area contributed by atoms with Crippen molar-refractivity contribution in [3.8, 4) is 0 Å². The zero-order valence-corrected chi connectivity index (χ0v) is 29.6. The second-order valence-corrected chi connectivity index (χ2v) is 13.8. The number of aromatic nitrogens is 1. The van der Waals surface area contributed by atoms with E-state index in [-0.39, 0.29) is 31.6 Å². The maximum Gasteiger partial charge on any atom is 0.245 e. The van der Waals surface area contributed by atoms with Crippen molar-refractivity contribution in [3.05, 3.63) is 71.9 Å². The summed E-state index contributed by atoms with van der Waals surface area (Å²) in [5.74, 6) is -5.59. The molecule has 282 valence electrons. The van der Waals surface area contributed by atoms with Gasteiger partial charge in [-0.1, -0.05) is 62.4 Å². The average molecular weight is 731 g/mol. The predicted octanol–water partition coefficient (Wildman–Crippen LogP) is -1.18. The first-order valence-electron chi connectivity index (χ1n) is 17.7. The number of carbonyl (C=O) groups is 7. The normalized spacial score (nSPS) is 25.1. The number of aromatic amines is 1. The van der Waals surface area contributed by atoms with Crippen molar-refractivity contribution < 1.29 is 38.7 Å². The second-order valence-electron chi connectivity index (χ2n) is 13.8. The summed E-state index contributed by atoms with van der Waals surface area (Å²) in [5.41, 5.74) is 2.15. The maximum absolute atomic E-state index is 14.2. The zero-order valence-electron chi connectivity index (χ0n) is 29.6. The molecule has 9 N–H and O–H groups in total. The zero-order chi connectivity index (χ0) is 38.1. The van der Waals surface area contributed by atoms with Crippen molar-refractivity contribution in [2.75, 3.05) is 13.2 Å². The summed E-state index contributed by atoms with van der Waals surface area (Å²) in [4.78, 5) is 99.8. The van der Waals surface area contributed by atoms with Gasteiger partial charge in [-0.3, -0.25) is 33.6 Å². The van der Waals surface area contributed by atoms with Crippen LogP contribution in [-0.2, 0) is 46.4 Å². The molecule has 3 heterocycles. The number of rotatable bonds is 8. The highest BCUT2D eigenvalue weighted by atomic mass is 16.3. The summed E-state index contributed by atoms with van der Waals surface area (Å²) >= 11 is 0. The van der Waals surface area contributed by atoms with Gasteiger partial charge >= 0.3 is 0 Å². The Morgan fingerprint density at radius 1 is 0.642 bits per heavy atom. The number of fused-ring (bicyclic) bond motifs is 6. The molecule has 16 heteroatoms. The van der Waals surface area contributed by atoms with Crippen LogP contribution in [0.4, 0.5) is 0 Å². The predicted molar refractivity (Wildman–Crippen MR) is 193 cm³/mol. The summed E-state index contributed by atoms with van der Waals surface area (Å²) in [6.45, 7) is 2.71. The lowest BCUT2D eigenvalue weighted by molar-refractivity contribution is -0.138. The third-order valence-corrected chi connectivity index (χ3v) is 9.20. The highest BCUT2D eigenvalue weighted by Gasteiger charge is 2.37. The van der Waals surface area contributed by atoms with Gasteiger partial charge in [-0.2, -0.15) is 0 Å². The first-order chi connectivity index (χ1) is 25.4. The van der Waals surface area contributed by atoms with E-state index < -0.39 is 97.2 Å². The van der Waals surface area contributed by atoms with Crippen molar-refractivity contribution in [2.24, 2.45) is 5.92 Å². The minimum atomic E-state index is -1.54. The lowest BCUT2D eigenvalue weighted by Gasteiger charge is -2.30. The molecule has 2 saturated heterocycles. The van der Waals surface area contributed by atoms with Crippen LogP contribution in [-0.4, -0.2) is 101 Å². The van der Waals surface area contributed by atoms with E-state index >= 15 is 0 Å². The third kappa shape index (κ3) is 10.2. The number of aliphatic hydroxyl groups excluding tert-OH is 1. The number of hydrogen-bond acceptors (Lipinski definition) is 8. The van der Waals surface area contributed by atoms with E-state index in [1.807, 2.05) is 38.1 Å². The summed E-state index contributed by atoms with van der Waals surface area (Å²) in [6.07, 6.45) is 0.956. The highest BCUT2D eigenvalue weighted by Crippen LogP contribution is 2.20. The maximum atomic E-state index is 14.2. The molecule has 2 aromatic carbocycles. The molecule has 2 fully saturated rings. The SMILES string of the molecule is CC(C)CC1NC(=O)C2CNC(=O)CC(NC(=O)C(CCO)NC1=O)C(=O)NC(Cc1c[nH]c3ccccc13)C(=O)NC(Cc1ccccc1)C(=O)N2. The largest absolute Gasteiger partial charge is 0.396 e. The smallest absolute Gasteiger partial charge is 0.245 e. The summed E-state index contributed by atoms with van der Waals surface area (Å²) in [5, 5.41) is 29.0. The van der Waals surface area contributed by atoms with Gasteiger partial charge < -0.3 is 47.3 Å². The Morgan fingerprint density at radius 2 is 1.21 bits per heavy atom. The molecule has 6 atom stereocenters. The molecular weight excluding hydrogens is 684 g/mol. The number of benzene rings is 2. The van der Waals surface area contributed by atoms with Crippen molar-refractivity contribution in [1.29, 1.82) is 0 Å². The summed E-state index contributed by atoms with van der Waals surface area (Å²) < 4.78 is 0. The molecular formula is C37H46N8O8. The van der Waals surface area contributed by atoms with E-state index in [2.05, 4.69) is 42.2 Å². The van der Waals surface area contributed by atoms with Crippen LogP contribution >= 0.6 is 0 Å². The van der Waals surface area contributed by atoms with Crippen LogP contribution in [0, 0.1) is 5.92 Å². The first-order valence-corrected chi connectivity index (χ1v) is 17.7. The lowest BCUT2D eigenvalue weighted by Crippen LogP contribution is -2.64. The highest BCUT2D eigenvalue weighted by molar-refractivity contribution is 6.00. The van der Waals surface area contributed by atoms with E-state index in [9.17, 15) is 38.7 Å². The van der Waals surface area contributed by atoms with Gasteiger partial charge in [-0.25, -0.2) is 0 Å². The van der Waals surface area contributed by atoms with Gasteiger partial charge in [0.25, 0.3) is 0 Å². The van der Waals surface area contributed by atoms with Gasteiger partial charge in [0.05, 0.1) is 6.42 Å². The van der Waals surface area contributed by atoms with Gasteiger partial charge in [0.1, 0.15) is 36.3 Å². The quantitative estimate of drug-likeness (QED) is 0.136. The van der Waals surface area contributed by atoms with E-state index in [1.54, 1.807) is 36.5 Å². The first kappa shape index (κ1) is 38.5. The monoisotopic (exact) mass is 730 g/mol. The van der Waals surface area contributed by atoms with E-state index in [0.29, 0.717) is 11.1 Å². The minimum absolute atomic E-state index is 0.0101. The molecule has 5 rings (SSSR count). The number of carbonyl (C=O) groups excluding carboxylic acids is 7. The van der Waals surface area contributed by atoms with Crippen LogP contribution in [0.3, 0.4) is 0 Å². The number of amides is 7. The van der Waals surface area contributed by atoms with Crippen molar-refractivity contribution in [2.45, 2.75) is 82.2 Å². The van der Waals surface area contributed by atoms with Crippen molar-refractivity contribution in [3.63, 3.8) is 0 Å². The van der Waals surface area contributed by atoms with Gasteiger partial charge in [-0.05, 0) is 36.0 Å². The van der Waals surface area contributed by atoms with Gasteiger partial charge in [0, 0.05) is 43.1 Å². The van der Waals surface area contributed by atoms with Crippen LogP contribution < -0.4 is 37.2 Å². The molecule has 6 unspecified atom stereocenters. The second kappa shape index (κ2) is 17.6. The van der Waals surface area contributed by atoms with Gasteiger partial charge in [0.2, 0.25) is 41.4 Å². The summed E-state index contributed by atoms with van der Waals surface area (Å²) in [6, 6.07) is 8.22. The Bertz CT molecular complexity index is 1830. The fourth-order valence-electron chi connectivity index (χ4n) is 6.42. The van der Waals surface area contributed by atoms with Crippen molar-refractivity contribution in [1.82, 2.24) is 42.2 Å². The lowest BCUT2D eigenvalue weighted by atomic mass is 10.00. The Labute approximate surface area is 306 Å². The van der Waals surface area contributed by atoms with E-state index in [4.69, 9.17) is 0 Å². The molecule has 2 aliphatic heterocycles. The molecule has 0 saturated carbocycles. The Hall–Kier alpha value is -5.77. The van der Waals surface area contributed by atoms with Crippen LogP contribution in [0.2, 0.25) is 0 Å². The molecule has 53 heavy (non-hydrogen) atoms. The van der Waals surface area contributed by atoms with Crippen molar-refractivity contribution >= 4 is 52.3 Å². The molecule has 2 aliphatic rings. The molecule has 2 bridgehead atoms. The Kier molecular flexibility index (Phi) is 12.8. The number of para-hydroxylation sites is 1. The number of hydrogen-bond donors (Lipinski definition) is 9. The third-order valence-electron chi connectivity index (χ3n) is 9.20. The van der Waals surface area contributed by atoms with Crippen LogP contribution in [0.5, 0.6) is 0 Å². The minimum Gasteiger partial charge on any atom is -0.396 e. The summed E-state index contributed by atoms with van der Waals surface area (Å²) in [7, 11) is 0. The standard InChI is InChI=1S/C37H46N8O8/c1-20(2)14-26-33(49)40-25(12-13-46)32(48)44-29-17-31(47)39-19-30(37(53)41-26)45-34(50)27(15-21-8-4-3-5-9-21)42-35(51)28(43-36(29)52)16-22-18-38-24-11-7-6-10-23(22)24/h3-11,18,20,25-30,38,46H,12-17,19H2,1-2H3,(H,39,47)(H,40,49)(H,41,53)(H,42,51)(H,43,52)(H,44,48)(H,45,50). The van der Waals surface area contributed by atoms with Crippen LogP contribution in [0.25, 0.3) is 10.9 Å². The molecule has 16 nitrogen and oxygen atoms in total. The van der Waals surface area contributed by atoms with Crippen LogP contribution in [0.15, 0.2) is 60.8 Å². The topological polar surface area (TPSA) is 240 Å². The van der Waals surface area contributed by atoms with Crippen LogP contribution in [0.1, 0.15) is 44.2 Å². The molecule has 7 amide bonds. The number of H-pyrrole nitrogens is 1. The van der Waals surface area contributed by atoms with E-state index in [0.717, 1.165) is 10.9 Å². The molecule has 0 aliphatic carbocycles. The molecule has 0 spiro atoms.